The minimum absolute atomic E-state index is 0.0583. The summed E-state index contributed by atoms with van der Waals surface area (Å²) in [7, 11) is -4.32. The molecule has 1 amide bonds. The van der Waals surface area contributed by atoms with Crippen LogP contribution in [0.3, 0.4) is 0 Å². The van der Waals surface area contributed by atoms with E-state index in [1.165, 1.54) is 25.1 Å². The number of carbonyl (C=O) groups is 3. The third-order valence-electron chi connectivity index (χ3n) is 4.78. The van der Waals surface area contributed by atoms with Crippen LogP contribution in [0.5, 0.6) is 5.75 Å². The number of hydrogen-bond donors (Lipinski definition) is 3. The van der Waals surface area contributed by atoms with Crippen molar-refractivity contribution in [1.29, 1.82) is 0 Å². The fourth-order valence-corrected chi connectivity index (χ4v) is 4.64. The molecule has 0 aliphatic heterocycles. The number of hydrogen-bond acceptors (Lipinski definition) is 7. The van der Waals surface area contributed by atoms with Crippen molar-refractivity contribution in [2.75, 3.05) is 11.9 Å². The Labute approximate surface area is 196 Å². The van der Waals surface area contributed by atoms with Gasteiger partial charge in [-0.25, -0.2) is 13.1 Å². The van der Waals surface area contributed by atoms with Crippen molar-refractivity contribution in [3.05, 3.63) is 60.3 Å². The summed E-state index contributed by atoms with van der Waals surface area (Å²) in [5.74, 6) is -1.75. The third-order valence-corrected chi connectivity index (χ3v) is 6.31. The Morgan fingerprint density at radius 3 is 2.68 bits per heavy atom. The fourth-order valence-electron chi connectivity index (χ4n) is 3.35. The monoisotopic (exact) mass is 485 g/mol. The van der Waals surface area contributed by atoms with Crippen LogP contribution < -0.4 is 14.8 Å². The SMILES string of the molecule is CC(=O)Nc1ccc(S(=O)(=O)NC(C=O)CC(=O)O)c(OCCc2cccc3ncccc23)c1. The van der Waals surface area contributed by atoms with Gasteiger partial charge in [0, 0.05) is 36.7 Å². The van der Waals surface area contributed by atoms with E-state index in [1.54, 1.807) is 6.20 Å². The third kappa shape index (κ3) is 6.36. The second-order valence-corrected chi connectivity index (χ2v) is 9.07. The van der Waals surface area contributed by atoms with Crippen LogP contribution in [0.25, 0.3) is 10.9 Å². The van der Waals surface area contributed by atoms with Crippen LogP contribution in [0, 0.1) is 0 Å². The van der Waals surface area contributed by atoms with E-state index in [-0.39, 0.29) is 29.4 Å². The number of carboxylic acid groups (broad SMARTS) is 1. The summed E-state index contributed by atoms with van der Waals surface area (Å²) in [6.45, 7) is 1.41. The molecule has 10 nitrogen and oxygen atoms in total. The molecule has 11 heteroatoms. The molecule has 0 aliphatic rings. The van der Waals surface area contributed by atoms with Crippen molar-refractivity contribution in [2.45, 2.75) is 30.7 Å². The molecule has 34 heavy (non-hydrogen) atoms. The van der Waals surface area contributed by atoms with Crippen molar-refractivity contribution in [3.8, 4) is 5.75 Å². The summed E-state index contributed by atoms with van der Waals surface area (Å²) in [6, 6.07) is 11.9. The Hall–Kier alpha value is -3.83. The Balaban J connectivity index is 1.87. The smallest absolute Gasteiger partial charge is 0.305 e. The van der Waals surface area contributed by atoms with E-state index in [0.29, 0.717) is 12.1 Å². The highest BCUT2D eigenvalue weighted by Gasteiger charge is 2.25. The second-order valence-electron chi connectivity index (χ2n) is 7.39. The number of rotatable bonds is 11. The quantitative estimate of drug-likeness (QED) is 0.349. The number of carbonyl (C=O) groups excluding carboxylic acids is 2. The lowest BCUT2D eigenvalue weighted by atomic mass is 10.1. The van der Waals surface area contributed by atoms with Crippen molar-refractivity contribution in [3.63, 3.8) is 0 Å². The average Bonchev–Trinajstić information content (AvgIpc) is 2.78. The minimum atomic E-state index is -4.32. The lowest BCUT2D eigenvalue weighted by Crippen LogP contribution is -2.37. The maximum atomic E-state index is 12.9. The number of aldehydes is 1. The zero-order chi connectivity index (χ0) is 24.7. The van der Waals surface area contributed by atoms with Gasteiger partial charge < -0.3 is 20.0 Å². The Morgan fingerprint density at radius 2 is 1.97 bits per heavy atom. The highest BCUT2D eigenvalue weighted by Crippen LogP contribution is 2.28. The molecule has 0 fully saturated rings. The molecule has 1 aromatic heterocycles. The van der Waals surface area contributed by atoms with Gasteiger partial charge in [-0.15, -0.1) is 0 Å². The molecule has 178 valence electrons. The summed E-state index contributed by atoms with van der Waals surface area (Å²) in [5, 5.41) is 12.4. The molecule has 2 aromatic carbocycles. The lowest BCUT2D eigenvalue weighted by molar-refractivity contribution is -0.138. The highest BCUT2D eigenvalue weighted by molar-refractivity contribution is 7.89. The van der Waals surface area contributed by atoms with Gasteiger partial charge >= 0.3 is 5.97 Å². The number of amides is 1. The van der Waals surface area contributed by atoms with Crippen LogP contribution in [-0.2, 0) is 30.8 Å². The zero-order valence-electron chi connectivity index (χ0n) is 18.2. The number of benzene rings is 2. The fraction of sp³-hybridized carbons (Fsp3) is 0.217. The lowest BCUT2D eigenvalue weighted by Gasteiger charge is -2.16. The molecule has 0 bridgehead atoms. The van der Waals surface area contributed by atoms with Crippen molar-refractivity contribution in [1.82, 2.24) is 9.71 Å². The first-order valence-electron chi connectivity index (χ1n) is 10.3. The molecule has 3 N–H and O–H groups in total. The molecular formula is C23H23N3O7S. The number of anilines is 1. The standard InChI is InChI=1S/C23H23N3O7S/c1-15(28)25-17-7-8-22(34(31,32)26-18(14-27)13-23(29)30)21(12-17)33-11-9-16-4-2-6-20-19(16)5-3-10-24-20/h2-8,10,12,14,18,26H,9,11,13H2,1H3,(H,25,28)(H,29,30). The summed E-state index contributed by atoms with van der Waals surface area (Å²) >= 11 is 0. The van der Waals surface area contributed by atoms with Gasteiger partial charge in [-0.3, -0.25) is 14.6 Å². The Bertz CT molecular complexity index is 1320. The normalized spacial score (nSPS) is 12.1. The van der Waals surface area contributed by atoms with Crippen LogP contribution in [-0.4, -0.2) is 49.3 Å². The highest BCUT2D eigenvalue weighted by atomic mass is 32.2. The van der Waals surface area contributed by atoms with Gasteiger partial charge in [-0.2, -0.15) is 0 Å². The van der Waals surface area contributed by atoms with Gasteiger partial charge in [0.2, 0.25) is 15.9 Å². The van der Waals surface area contributed by atoms with Gasteiger partial charge in [0.05, 0.1) is 24.6 Å². The first kappa shape index (κ1) is 24.8. The molecule has 3 aromatic rings. The zero-order valence-corrected chi connectivity index (χ0v) is 19.0. The van der Waals surface area contributed by atoms with Gasteiger partial charge in [0.1, 0.15) is 16.9 Å². The summed E-state index contributed by atoms with van der Waals surface area (Å²) in [5.41, 5.74) is 2.08. The van der Waals surface area contributed by atoms with Crippen LogP contribution in [0.2, 0.25) is 0 Å². The van der Waals surface area contributed by atoms with E-state index >= 15 is 0 Å². The van der Waals surface area contributed by atoms with E-state index in [9.17, 15) is 22.8 Å². The molecule has 3 rings (SSSR count). The largest absolute Gasteiger partial charge is 0.492 e. The van der Waals surface area contributed by atoms with Crippen LogP contribution >= 0.6 is 0 Å². The second kappa shape index (κ2) is 10.9. The number of aliphatic carboxylic acids is 1. The molecule has 0 radical (unpaired) electrons. The molecule has 0 saturated heterocycles. The number of carboxylic acids is 1. The van der Waals surface area contributed by atoms with Crippen LogP contribution in [0.1, 0.15) is 18.9 Å². The molecular weight excluding hydrogens is 462 g/mol. The van der Waals surface area contributed by atoms with Gasteiger partial charge in [0.15, 0.2) is 0 Å². The molecule has 0 saturated carbocycles. The van der Waals surface area contributed by atoms with E-state index in [4.69, 9.17) is 9.84 Å². The number of nitrogens with one attached hydrogen (secondary N) is 2. The number of ether oxygens (including phenoxy) is 1. The predicted molar refractivity (Wildman–Crippen MR) is 124 cm³/mol. The molecule has 1 heterocycles. The average molecular weight is 486 g/mol. The summed E-state index contributed by atoms with van der Waals surface area (Å²) in [4.78, 5) is 37.5. The number of nitrogens with zero attached hydrogens (tertiary/aromatic N) is 1. The van der Waals surface area contributed by atoms with Gasteiger partial charge in [-0.1, -0.05) is 18.2 Å². The maximum Gasteiger partial charge on any atom is 0.305 e. The van der Waals surface area contributed by atoms with Crippen molar-refractivity contribution < 1.29 is 32.6 Å². The number of pyridine rings is 1. The van der Waals surface area contributed by atoms with Gasteiger partial charge in [-0.05, 0) is 29.8 Å². The van der Waals surface area contributed by atoms with Crippen LogP contribution in [0.15, 0.2) is 59.6 Å². The maximum absolute atomic E-state index is 12.9. The first-order chi connectivity index (χ1) is 16.2. The number of aromatic nitrogens is 1. The molecule has 0 aliphatic carbocycles. The number of sulfonamides is 1. The number of fused-ring (bicyclic) bond motifs is 1. The van der Waals surface area contributed by atoms with E-state index in [2.05, 4.69) is 15.0 Å². The van der Waals surface area contributed by atoms with Gasteiger partial charge in [0.25, 0.3) is 0 Å². The van der Waals surface area contributed by atoms with E-state index < -0.39 is 28.5 Å². The van der Waals surface area contributed by atoms with E-state index in [0.717, 1.165) is 16.5 Å². The topological polar surface area (TPSA) is 152 Å². The summed E-state index contributed by atoms with van der Waals surface area (Å²) < 4.78 is 33.7. The minimum Gasteiger partial charge on any atom is -0.492 e. The van der Waals surface area contributed by atoms with E-state index in [1.807, 2.05) is 30.3 Å². The van der Waals surface area contributed by atoms with Crippen molar-refractivity contribution >= 4 is 44.8 Å². The predicted octanol–water partition coefficient (Wildman–Crippen LogP) is 2.14. The summed E-state index contributed by atoms with van der Waals surface area (Å²) in [6.07, 6.45) is 1.64. The van der Waals surface area contributed by atoms with Crippen LogP contribution in [0.4, 0.5) is 5.69 Å². The Kier molecular flexibility index (Phi) is 7.92. The first-order valence-corrected chi connectivity index (χ1v) is 11.7. The molecule has 1 unspecified atom stereocenters. The molecule has 1 atom stereocenters. The molecule has 0 spiro atoms. The van der Waals surface area contributed by atoms with Crippen molar-refractivity contribution in [2.24, 2.45) is 0 Å². The Morgan fingerprint density at radius 1 is 1.18 bits per heavy atom.